The lowest BCUT2D eigenvalue weighted by Crippen LogP contribution is -2.45. The molecule has 1 aliphatic heterocycles. The van der Waals surface area contributed by atoms with Gasteiger partial charge in [-0.2, -0.15) is 11.8 Å². The average molecular weight is 323 g/mol. The number of thioether (sulfide) groups is 1. The molecule has 3 N–H and O–H groups in total. The summed E-state index contributed by atoms with van der Waals surface area (Å²) < 4.78 is 5.19. The number of nitrogens with one attached hydrogen (secondary N) is 2. The van der Waals surface area contributed by atoms with Gasteiger partial charge in [-0.15, -0.1) is 0 Å². The van der Waals surface area contributed by atoms with Crippen LogP contribution in [0.25, 0.3) is 0 Å². The summed E-state index contributed by atoms with van der Waals surface area (Å²) in [6.07, 6.45) is 2.43. The first kappa shape index (κ1) is 16.8. The molecule has 1 aromatic rings. The minimum absolute atomic E-state index is 0.244. The Morgan fingerprint density at radius 3 is 3.05 bits per heavy atom. The number of aromatic hydroxyl groups is 1. The zero-order valence-corrected chi connectivity index (χ0v) is 14.1. The van der Waals surface area contributed by atoms with Gasteiger partial charge in [0.15, 0.2) is 5.96 Å². The highest BCUT2D eigenvalue weighted by molar-refractivity contribution is 7.99. The van der Waals surface area contributed by atoms with E-state index in [1.807, 2.05) is 17.8 Å². The Bertz CT molecular complexity index is 502. The number of ether oxygens (including phenoxy) is 1. The Labute approximate surface area is 136 Å². The zero-order valence-electron chi connectivity index (χ0n) is 13.3. The van der Waals surface area contributed by atoms with E-state index in [-0.39, 0.29) is 5.75 Å². The Morgan fingerprint density at radius 1 is 1.50 bits per heavy atom. The van der Waals surface area contributed by atoms with Gasteiger partial charge in [0, 0.05) is 23.9 Å². The average Bonchev–Trinajstić information content (AvgIpc) is 2.55. The van der Waals surface area contributed by atoms with Gasteiger partial charge in [0.1, 0.15) is 11.5 Å². The van der Waals surface area contributed by atoms with Gasteiger partial charge >= 0.3 is 0 Å². The lowest BCUT2D eigenvalue weighted by atomic mass is 10.2. The second-order valence-corrected chi connectivity index (χ2v) is 6.40. The molecule has 0 radical (unpaired) electrons. The molecule has 0 saturated carbocycles. The van der Waals surface area contributed by atoms with Gasteiger partial charge in [-0.3, -0.25) is 0 Å². The van der Waals surface area contributed by atoms with E-state index in [4.69, 9.17) is 4.74 Å². The highest BCUT2D eigenvalue weighted by Crippen LogP contribution is 2.23. The quantitative estimate of drug-likeness (QED) is 0.573. The number of phenolic OH excluding ortho intramolecular Hbond substituents is 1. The summed E-state index contributed by atoms with van der Waals surface area (Å²) in [7, 11) is 1.62. The molecule has 5 nitrogen and oxygen atoms in total. The van der Waals surface area contributed by atoms with Crippen molar-refractivity contribution >= 4 is 17.7 Å². The molecular formula is C16H25N3O2S. The number of methoxy groups -OCH3 is 1. The molecule has 22 heavy (non-hydrogen) atoms. The van der Waals surface area contributed by atoms with E-state index in [9.17, 15) is 5.11 Å². The number of rotatable bonds is 5. The Morgan fingerprint density at radius 2 is 2.36 bits per heavy atom. The van der Waals surface area contributed by atoms with Crippen LogP contribution in [-0.2, 0) is 6.54 Å². The molecule has 0 aliphatic carbocycles. The van der Waals surface area contributed by atoms with Crippen molar-refractivity contribution in [3.8, 4) is 11.5 Å². The molecule has 1 aromatic carbocycles. The first-order chi connectivity index (χ1) is 10.7. The van der Waals surface area contributed by atoms with Crippen LogP contribution in [0.3, 0.4) is 0 Å². The van der Waals surface area contributed by atoms with Crippen molar-refractivity contribution in [2.24, 2.45) is 4.99 Å². The second kappa shape index (κ2) is 8.78. The van der Waals surface area contributed by atoms with Gasteiger partial charge in [-0.1, -0.05) is 0 Å². The third-order valence-electron chi connectivity index (χ3n) is 3.54. The van der Waals surface area contributed by atoms with Crippen LogP contribution in [0.1, 0.15) is 25.3 Å². The Balaban J connectivity index is 2.02. The summed E-state index contributed by atoms with van der Waals surface area (Å²) in [5.74, 6) is 4.15. The predicted octanol–water partition coefficient (Wildman–Crippen LogP) is 2.35. The lowest BCUT2D eigenvalue weighted by Gasteiger charge is -2.24. The van der Waals surface area contributed by atoms with Crippen molar-refractivity contribution in [1.82, 2.24) is 10.6 Å². The summed E-state index contributed by atoms with van der Waals surface area (Å²) in [6.45, 7) is 3.28. The molecule has 6 heteroatoms. The van der Waals surface area contributed by atoms with Crippen molar-refractivity contribution in [1.29, 1.82) is 0 Å². The maximum atomic E-state index is 9.93. The molecule has 1 atom stereocenters. The van der Waals surface area contributed by atoms with Crippen LogP contribution in [0.2, 0.25) is 0 Å². The number of aliphatic imine (C=N–C) groups is 1. The van der Waals surface area contributed by atoms with Gasteiger partial charge in [0.05, 0.1) is 13.7 Å². The molecular weight excluding hydrogens is 298 g/mol. The molecule has 0 spiro atoms. The monoisotopic (exact) mass is 323 g/mol. The van der Waals surface area contributed by atoms with E-state index in [1.165, 1.54) is 18.6 Å². The Kier molecular flexibility index (Phi) is 6.71. The SMILES string of the molecule is CCNC(=NCc1cc(OC)ccc1O)NC1CCCSC1. The number of phenols is 1. The van der Waals surface area contributed by atoms with Crippen LogP contribution >= 0.6 is 11.8 Å². The van der Waals surface area contributed by atoms with Crippen LogP contribution < -0.4 is 15.4 Å². The summed E-state index contributed by atoms with van der Waals surface area (Å²) in [6, 6.07) is 5.67. The molecule has 1 unspecified atom stereocenters. The van der Waals surface area contributed by atoms with E-state index in [1.54, 1.807) is 19.2 Å². The topological polar surface area (TPSA) is 65.9 Å². The third-order valence-corrected chi connectivity index (χ3v) is 4.75. The van der Waals surface area contributed by atoms with E-state index in [0.717, 1.165) is 29.6 Å². The van der Waals surface area contributed by atoms with Crippen molar-refractivity contribution < 1.29 is 9.84 Å². The number of nitrogens with zero attached hydrogens (tertiary/aromatic N) is 1. The molecule has 1 saturated heterocycles. The number of hydrogen-bond acceptors (Lipinski definition) is 4. The second-order valence-electron chi connectivity index (χ2n) is 5.25. The smallest absolute Gasteiger partial charge is 0.191 e. The molecule has 0 bridgehead atoms. The van der Waals surface area contributed by atoms with Crippen LogP contribution in [0, 0.1) is 0 Å². The molecule has 0 amide bonds. The largest absolute Gasteiger partial charge is 0.508 e. The highest BCUT2D eigenvalue weighted by atomic mass is 32.2. The molecule has 1 aliphatic rings. The third kappa shape index (κ3) is 5.02. The lowest BCUT2D eigenvalue weighted by molar-refractivity contribution is 0.411. The molecule has 2 rings (SSSR count). The minimum atomic E-state index is 0.244. The van der Waals surface area contributed by atoms with Crippen molar-refractivity contribution in [2.45, 2.75) is 32.4 Å². The fourth-order valence-electron chi connectivity index (χ4n) is 2.35. The van der Waals surface area contributed by atoms with E-state index < -0.39 is 0 Å². The standard InChI is InChI=1S/C16H25N3O2S/c1-3-17-16(19-13-5-4-8-22-11-13)18-10-12-9-14(21-2)6-7-15(12)20/h6-7,9,13,20H,3-5,8,10-11H2,1-2H3,(H2,17,18,19). The van der Waals surface area contributed by atoms with Crippen LogP contribution in [-0.4, -0.2) is 42.3 Å². The normalized spacial score (nSPS) is 18.8. The van der Waals surface area contributed by atoms with E-state index >= 15 is 0 Å². The highest BCUT2D eigenvalue weighted by Gasteiger charge is 2.14. The van der Waals surface area contributed by atoms with E-state index in [0.29, 0.717) is 12.6 Å². The van der Waals surface area contributed by atoms with Gasteiger partial charge in [0.2, 0.25) is 0 Å². The van der Waals surface area contributed by atoms with E-state index in [2.05, 4.69) is 22.5 Å². The van der Waals surface area contributed by atoms with Crippen LogP contribution in [0.5, 0.6) is 11.5 Å². The molecule has 0 aromatic heterocycles. The van der Waals surface area contributed by atoms with Crippen LogP contribution in [0.4, 0.5) is 0 Å². The van der Waals surface area contributed by atoms with Gasteiger partial charge in [-0.25, -0.2) is 4.99 Å². The maximum absolute atomic E-state index is 9.93. The number of benzene rings is 1. The van der Waals surface area contributed by atoms with Crippen molar-refractivity contribution in [3.63, 3.8) is 0 Å². The maximum Gasteiger partial charge on any atom is 0.191 e. The number of hydrogen-bond donors (Lipinski definition) is 3. The van der Waals surface area contributed by atoms with Gasteiger partial charge in [0.25, 0.3) is 0 Å². The molecule has 122 valence electrons. The summed E-state index contributed by atoms with van der Waals surface area (Å²) in [4.78, 5) is 4.58. The summed E-state index contributed by atoms with van der Waals surface area (Å²) in [5.41, 5.74) is 0.759. The molecule has 1 heterocycles. The zero-order chi connectivity index (χ0) is 15.8. The first-order valence-electron chi connectivity index (χ1n) is 7.71. The van der Waals surface area contributed by atoms with Crippen molar-refractivity contribution in [2.75, 3.05) is 25.2 Å². The van der Waals surface area contributed by atoms with Crippen molar-refractivity contribution in [3.05, 3.63) is 23.8 Å². The van der Waals surface area contributed by atoms with Crippen LogP contribution in [0.15, 0.2) is 23.2 Å². The van der Waals surface area contributed by atoms with Gasteiger partial charge in [-0.05, 0) is 43.7 Å². The minimum Gasteiger partial charge on any atom is -0.508 e. The fraction of sp³-hybridized carbons (Fsp3) is 0.562. The summed E-state index contributed by atoms with van der Waals surface area (Å²) >= 11 is 1.98. The van der Waals surface area contributed by atoms with Gasteiger partial charge < -0.3 is 20.5 Å². The summed E-state index contributed by atoms with van der Waals surface area (Å²) in [5, 5.41) is 16.7. The fourth-order valence-corrected chi connectivity index (χ4v) is 3.42. The Hall–Kier alpha value is -1.56. The number of guanidine groups is 1. The molecule has 1 fully saturated rings. The first-order valence-corrected chi connectivity index (χ1v) is 8.87. The predicted molar refractivity (Wildman–Crippen MR) is 93.0 cm³/mol.